The molecule has 1 aromatic rings. The van der Waals surface area contributed by atoms with Crippen LogP contribution in [0.15, 0.2) is 30.3 Å². The highest BCUT2D eigenvalue weighted by Gasteiger charge is 2.04. The smallest absolute Gasteiger partial charge is 0.113 e. The Bertz CT molecular complexity index is 223. The molecule has 0 aliphatic heterocycles. The van der Waals surface area contributed by atoms with Gasteiger partial charge in [0.25, 0.3) is 0 Å². The molecule has 0 heterocycles. The van der Waals surface area contributed by atoms with Gasteiger partial charge < -0.3 is 5.32 Å². The maximum atomic E-state index is 13.0. The zero-order chi connectivity index (χ0) is 9.52. The monoisotopic (exact) mass is 181 g/mol. The highest BCUT2D eigenvalue weighted by Crippen LogP contribution is 2.06. The van der Waals surface area contributed by atoms with Crippen molar-refractivity contribution < 1.29 is 4.39 Å². The summed E-state index contributed by atoms with van der Waals surface area (Å²) in [5.74, 6) is 0. The number of hydrogen-bond acceptors (Lipinski definition) is 1. The molecule has 1 rings (SSSR count). The van der Waals surface area contributed by atoms with Gasteiger partial charge in [-0.1, -0.05) is 30.3 Å². The van der Waals surface area contributed by atoms with Gasteiger partial charge in [0.1, 0.15) is 6.17 Å². The van der Waals surface area contributed by atoms with Crippen molar-refractivity contribution in [3.05, 3.63) is 35.9 Å². The van der Waals surface area contributed by atoms with Crippen LogP contribution in [0.5, 0.6) is 0 Å². The van der Waals surface area contributed by atoms with Crippen LogP contribution < -0.4 is 5.32 Å². The summed E-state index contributed by atoms with van der Waals surface area (Å²) in [7, 11) is 1.77. The third-order valence-electron chi connectivity index (χ3n) is 2.01. The Hall–Kier alpha value is -0.890. The van der Waals surface area contributed by atoms with Crippen LogP contribution in [0.4, 0.5) is 4.39 Å². The predicted molar refractivity (Wildman–Crippen MR) is 53.6 cm³/mol. The van der Waals surface area contributed by atoms with Crippen molar-refractivity contribution in [2.45, 2.75) is 19.0 Å². The lowest BCUT2D eigenvalue weighted by atomic mass is 10.1. The Morgan fingerprint density at radius 1 is 1.31 bits per heavy atom. The summed E-state index contributed by atoms with van der Waals surface area (Å²) in [6, 6.07) is 10.0. The van der Waals surface area contributed by atoms with E-state index in [1.165, 1.54) is 5.56 Å². The molecular formula is C11H16FN. The van der Waals surface area contributed by atoms with Gasteiger partial charge in [-0.05, 0) is 25.5 Å². The molecule has 1 N–H and O–H groups in total. The summed E-state index contributed by atoms with van der Waals surface area (Å²) in [5, 5.41) is 2.83. The molecule has 0 unspecified atom stereocenters. The van der Waals surface area contributed by atoms with E-state index in [1.54, 1.807) is 7.05 Å². The number of aryl methyl sites for hydroxylation is 1. The molecule has 1 nitrogen and oxygen atoms in total. The second kappa shape index (κ2) is 5.70. The largest absolute Gasteiger partial charge is 0.317 e. The van der Waals surface area contributed by atoms with Crippen LogP contribution in [0, 0.1) is 0 Å². The fourth-order valence-electron chi connectivity index (χ4n) is 1.29. The minimum atomic E-state index is -0.731. The molecule has 2 heteroatoms. The summed E-state index contributed by atoms with van der Waals surface area (Å²) >= 11 is 0. The Morgan fingerprint density at radius 2 is 2.00 bits per heavy atom. The average molecular weight is 181 g/mol. The molecule has 13 heavy (non-hydrogen) atoms. The fourth-order valence-corrected chi connectivity index (χ4v) is 1.29. The summed E-state index contributed by atoms with van der Waals surface area (Å²) in [4.78, 5) is 0. The molecule has 0 aliphatic rings. The fraction of sp³-hybridized carbons (Fsp3) is 0.455. The van der Waals surface area contributed by atoms with Crippen molar-refractivity contribution in [3.63, 3.8) is 0 Å². The Balaban J connectivity index is 2.27. The lowest BCUT2D eigenvalue weighted by Gasteiger charge is -2.06. The highest BCUT2D eigenvalue weighted by molar-refractivity contribution is 5.14. The summed E-state index contributed by atoms with van der Waals surface area (Å²) < 4.78 is 13.0. The van der Waals surface area contributed by atoms with E-state index < -0.39 is 6.17 Å². The van der Waals surface area contributed by atoms with E-state index in [4.69, 9.17) is 0 Å². The molecule has 0 aliphatic carbocycles. The van der Waals surface area contributed by atoms with Crippen LogP contribution in [-0.2, 0) is 6.42 Å². The lowest BCUT2D eigenvalue weighted by Crippen LogP contribution is -2.20. The van der Waals surface area contributed by atoms with Gasteiger partial charge in [0.2, 0.25) is 0 Å². The molecule has 0 fully saturated rings. The van der Waals surface area contributed by atoms with Crippen molar-refractivity contribution in [3.8, 4) is 0 Å². The van der Waals surface area contributed by atoms with Gasteiger partial charge in [-0.15, -0.1) is 0 Å². The standard InChI is InChI=1S/C11H16FN/c1-13-9-11(12)8-7-10-5-3-2-4-6-10/h2-6,11,13H,7-9H2,1H3/t11-/m0/s1. The van der Waals surface area contributed by atoms with E-state index in [0.717, 1.165) is 6.42 Å². The molecule has 0 radical (unpaired) electrons. The van der Waals surface area contributed by atoms with Gasteiger partial charge in [-0.3, -0.25) is 0 Å². The van der Waals surface area contributed by atoms with Gasteiger partial charge in [-0.25, -0.2) is 4.39 Å². The topological polar surface area (TPSA) is 12.0 Å². The van der Waals surface area contributed by atoms with Crippen LogP contribution in [0.25, 0.3) is 0 Å². The van der Waals surface area contributed by atoms with Crippen molar-refractivity contribution >= 4 is 0 Å². The highest BCUT2D eigenvalue weighted by atomic mass is 19.1. The summed E-state index contributed by atoms with van der Waals surface area (Å²) in [6.07, 6.45) is 0.694. The first kappa shape index (κ1) is 10.2. The SMILES string of the molecule is CNC[C@@H](F)CCc1ccccc1. The molecular weight excluding hydrogens is 165 g/mol. The number of nitrogens with one attached hydrogen (secondary N) is 1. The molecule has 0 amide bonds. The van der Waals surface area contributed by atoms with Crippen molar-refractivity contribution in [2.24, 2.45) is 0 Å². The maximum absolute atomic E-state index is 13.0. The van der Waals surface area contributed by atoms with Gasteiger partial charge in [0, 0.05) is 6.54 Å². The van der Waals surface area contributed by atoms with E-state index in [2.05, 4.69) is 5.32 Å². The number of hydrogen-bond donors (Lipinski definition) is 1. The first-order valence-electron chi connectivity index (χ1n) is 4.65. The first-order chi connectivity index (χ1) is 6.33. The second-order valence-corrected chi connectivity index (χ2v) is 3.18. The molecule has 0 saturated heterocycles. The number of rotatable bonds is 5. The minimum Gasteiger partial charge on any atom is -0.317 e. The first-order valence-corrected chi connectivity index (χ1v) is 4.65. The lowest BCUT2D eigenvalue weighted by molar-refractivity contribution is 0.308. The van der Waals surface area contributed by atoms with E-state index in [1.807, 2.05) is 30.3 Å². The Kier molecular flexibility index (Phi) is 4.47. The van der Waals surface area contributed by atoms with Gasteiger partial charge >= 0.3 is 0 Å². The zero-order valence-corrected chi connectivity index (χ0v) is 7.96. The second-order valence-electron chi connectivity index (χ2n) is 3.18. The third-order valence-corrected chi connectivity index (χ3v) is 2.01. The maximum Gasteiger partial charge on any atom is 0.113 e. The molecule has 0 saturated carbocycles. The molecule has 1 atom stereocenters. The quantitative estimate of drug-likeness (QED) is 0.734. The molecule has 0 aromatic heterocycles. The van der Waals surface area contributed by atoms with Crippen molar-refractivity contribution in [2.75, 3.05) is 13.6 Å². The van der Waals surface area contributed by atoms with Crippen LogP contribution in [-0.4, -0.2) is 19.8 Å². The number of alkyl halides is 1. The molecule has 0 bridgehead atoms. The number of benzene rings is 1. The van der Waals surface area contributed by atoms with Gasteiger partial charge in [-0.2, -0.15) is 0 Å². The van der Waals surface area contributed by atoms with Crippen molar-refractivity contribution in [1.29, 1.82) is 0 Å². The molecule has 72 valence electrons. The van der Waals surface area contributed by atoms with Crippen LogP contribution in [0.2, 0.25) is 0 Å². The molecule has 0 spiro atoms. The predicted octanol–water partition coefficient (Wildman–Crippen LogP) is 2.18. The van der Waals surface area contributed by atoms with Crippen LogP contribution in [0.1, 0.15) is 12.0 Å². The summed E-state index contributed by atoms with van der Waals surface area (Å²) in [6.45, 7) is 0.451. The number of halogens is 1. The third kappa shape index (κ3) is 4.04. The Morgan fingerprint density at radius 3 is 2.62 bits per heavy atom. The average Bonchev–Trinajstić information content (AvgIpc) is 2.17. The summed E-state index contributed by atoms with van der Waals surface area (Å²) in [5.41, 5.74) is 1.21. The zero-order valence-electron chi connectivity index (χ0n) is 7.96. The molecule has 1 aromatic carbocycles. The van der Waals surface area contributed by atoms with Crippen LogP contribution in [0.3, 0.4) is 0 Å². The van der Waals surface area contributed by atoms with E-state index in [0.29, 0.717) is 13.0 Å². The Labute approximate surface area is 79.0 Å². The normalized spacial score (nSPS) is 12.8. The van der Waals surface area contributed by atoms with Crippen molar-refractivity contribution in [1.82, 2.24) is 5.32 Å². The van der Waals surface area contributed by atoms with Gasteiger partial charge in [0.15, 0.2) is 0 Å². The van der Waals surface area contributed by atoms with E-state index in [9.17, 15) is 4.39 Å². The minimum absolute atomic E-state index is 0.451. The van der Waals surface area contributed by atoms with E-state index in [-0.39, 0.29) is 0 Å². The van der Waals surface area contributed by atoms with Crippen LogP contribution >= 0.6 is 0 Å². The van der Waals surface area contributed by atoms with E-state index >= 15 is 0 Å². The van der Waals surface area contributed by atoms with Gasteiger partial charge in [0.05, 0.1) is 0 Å².